The van der Waals surface area contributed by atoms with Gasteiger partial charge in [-0.25, -0.2) is 0 Å². The quantitative estimate of drug-likeness (QED) is 0.159. The van der Waals surface area contributed by atoms with Gasteiger partial charge in [-0.1, -0.05) is 93.9 Å². The normalized spacial score (nSPS) is 16.7. The summed E-state index contributed by atoms with van der Waals surface area (Å²) in [5, 5.41) is 6.73. The van der Waals surface area contributed by atoms with Gasteiger partial charge in [0.15, 0.2) is 0 Å². The van der Waals surface area contributed by atoms with E-state index in [1.165, 1.54) is 116 Å². The van der Waals surface area contributed by atoms with Crippen LogP contribution in [0.15, 0.2) is 103 Å². The Bertz CT molecular complexity index is 2800. The van der Waals surface area contributed by atoms with E-state index in [9.17, 15) is 0 Å². The predicted octanol–water partition coefficient (Wildman–Crippen LogP) is 11.4. The number of aryl methyl sites for hydroxylation is 2. The number of benzene rings is 6. The van der Waals surface area contributed by atoms with Gasteiger partial charge in [0.05, 0.1) is 16.7 Å². The Balaban J connectivity index is 1.37. The van der Waals surface area contributed by atoms with E-state index in [0.717, 1.165) is 0 Å². The van der Waals surface area contributed by atoms with E-state index < -0.39 is 0 Å². The van der Waals surface area contributed by atoms with Crippen molar-refractivity contribution < 1.29 is 0 Å². The van der Waals surface area contributed by atoms with Crippen LogP contribution in [-0.4, -0.2) is 11.4 Å². The van der Waals surface area contributed by atoms with Gasteiger partial charge in [0.2, 0.25) is 0 Å². The highest BCUT2D eigenvalue weighted by molar-refractivity contribution is 7.32. The second-order valence-corrected chi connectivity index (χ2v) is 17.6. The van der Waals surface area contributed by atoms with Crippen LogP contribution in [0.4, 0.5) is 11.4 Å². The maximum absolute atomic E-state index is 2.70. The van der Waals surface area contributed by atoms with Gasteiger partial charge in [-0.2, -0.15) is 0 Å². The van der Waals surface area contributed by atoms with Crippen molar-refractivity contribution in [3.05, 3.63) is 125 Å². The molecule has 0 amide bonds. The molecule has 2 nitrogen and oxygen atoms in total. The smallest absolute Gasteiger partial charge is 0.343 e. The first-order valence-corrected chi connectivity index (χ1v) is 19.0. The molecule has 0 N–H and O–H groups in total. The van der Waals surface area contributed by atoms with Crippen LogP contribution in [0.2, 0.25) is 0 Å². The number of fused-ring (bicyclic) bond motifs is 12. The summed E-state index contributed by atoms with van der Waals surface area (Å²) in [4.78, 5) is 2.66. The van der Waals surface area contributed by atoms with E-state index in [4.69, 9.17) is 0 Å². The minimum Gasteiger partial charge on any atom is -0.376 e. The van der Waals surface area contributed by atoms with Crippen molar-refractivity contribution >= 4 is 82.5 Å². The molecular formula is C46H39BN2S. The van der Waals surface area contributed by atoms with Crippen LogP contribution in [-0.2, 0) is 10.8 Å². The fourth-order valence-corrected chi connectivity index (χ4v) is 11.2. The summed E-state index contributed by atoms with van der Waals surface area (Å²) < 4.78 is 5.55. The van der Waals surface area contributed by atoms with Crippen molar-refractivity contribution in [3.63, 3.8) is 0 Å². The summed E-state index contributed by atoms with van der Waals surface area (Å²) >= 11 is 2.03. The molecule has 0 unspecified atom stereocenters. The van der Waals surface area contributed by atoms with E-state index in [1.807, 2.05) is 11.3 Å². The van der Waals surface area contributed by atoms with Crippen LogP contribution < -0.4 is 15.1 Å². The molecule has 0 atom stereocenters. The summed E-state index contributed by atoms with van der Waals surface area (Å²) in [6.07, 6.45) is 2.42. The molecule has 11 rings (SSSR count). The van der Waals surface area contributed by atoms with Crippen LogP contribution in [0.1, 0.15) is 62.8 Å². The minimum atomic E-state index is 0.0578. The van der Waals surface area contributed by atoms with Gasteiger partial charge in [-0.05, 0) is 118 Å². The van der Waals surface area contributed by atoms with E-state index in [-0.39, 0.29) is 17.7 Å². The van der Waals surface area contributed by atoms with Crippen LogP contribution in [0, 0.1) is 13.8 Å². The number of rotatable bonds is 1. The number of nitrogens with zero attached hydrogens (tertiary/aromatic N) is 2. The minimum absolute atomic E-state index is 0.0578. The summed E-state index contributed by atoms with van der Waals surface area (Å²) in [6.45, 7) is 14.4. The maximum atomic E-state index is 2.70. The molecule has 2 aromatic heterocycles. The average Bonchev–Trinajstić information content (AvgIpc) is 3.65. The van der Waals surface area contributed by atoms with E-state index in [2.05, 4.69) is 154 Å². The molecule has 4 heterocycles. The molecule has 0 fully saturated rings. The highest BCUT2D eigenvalue weighted by atomic mass is 32.1. The van der Waals surface area contributed by atoms with E-state index in [1.54, 1.807) is 0 Å². The Labute approximate surface area is 298 Å². The molecular weight excluding hydrogens is 623 g/mol. The zero-order valence-corrected chi connectivity index (χ0v) is 30.4. The predicted molar refractivity (Wildman–Crippen MR) is 217 cm³/mol. The Kier molecular flexibility index (Phi) is 5.51. The molecule has 242 valence electrons. The van der Waals surface area contributed by atoms with Crippen molar-refractivity contribution in [2.24, 2.45) is 0 Å². The molecule has 0 saturated carbocycles. The van der Waals surface area contributed by atoms with Crippen molar-refractivity contribution in [2.75, 3.05) is 4.81 Å². The van der Waals surface area contributed by atoms with Crippen LogP contribution in [0.25, 0.3) is 59.5 Å². The third-order valence-electron chi connectivity index (χ3n) is 12.6. The van der Waals surface area contributed by atoms with Gasteiger partial charge in [0.1, 0.15) is 0 Å². The fraction of sp³-hybridized carbons (Fsp3) is 0.217. The van der Waals surface area contributed by atoms with Crippen molar-refractivity contribution in [1.29, 1.82) is 0 Å². The van der Waals surface area contributed by atoms with Crippen molar-refractivity contribution in [2.45, 2.75) is 65.2 Å². The summed E-state index contributed by atoms with van der Waals surface area (Å²) in [5.74, 6) is 0. The molecule has 1 aliphatic carbocycles. The summed E-state index contributed by atoms with van der Waals surface area (Å²) in [6, 6.07) is 39.8. The number of para-hydroxylation sites is 1. The lowest BCUT2D eigenvalue weighted by Gasteiger charge is -2.42. The third kappa shape index (κ3) is 3.60. The number of thiophene rings is 1. The fourth-order valence-electron chi connectivity index (χ4n) is 9.85. The Morgan fingerprint density at radius 3 is 2.12 bits per heavy atom. The monoisotopic (exact) mass is 662 g/mol. The van der Waals surface area contributed by atoms with Crippen LogP contribution >= 0.6 is 11.3 Å². The van der Waals surface area contributed by atoms with Gasteiger partial charge in [0.25, 0.3) is 0 Å². The molecule has 0 bridgehead atoms. The van der Waals surface area contributed by atoms with E-state index >= 15 is 0 Å². The maximum Gasteiger partial charge on any atom is 0.343 e. The molecule has 0 spiro atoms. The van der Waals surface area contributed by atoms with Gasteiger partial charge in [-0.3, -0.25) is 0 Å². The Morgan fingerprint density at radius 1 is 0.680 bits per heavy atom. The lowest BCUT2D eigenvalue weighted by atomic mass is 9.47. The van der Waals surface area contributed by atoms with Crippen molar-refractivity contribution in [3.8, 4) is 16.8 Å². The standard InChI is InChI=1S/C46H39BN2S/c1-26-15-17-30(18-16-26)49-37-14-10-9-13-31(37)32-21-27(2)40-33-22-28-11-7-8-12-29(28)23-38(33)48-42-34-24-35-36(46(5,6)20-19-45(35,3)4)25-39(34)50-44(42)47(49)41(32)43(40)48/h7-18,21-25H,19-20H2,1-6H3. The van der Waals surface area contributed by atoms with Gasteiger partial charge < -0.3 is 9.38 Å². The highest BCUT2D eigenvalue weighted by Crippen LogP contribution is 2.51. The number of anilines is 2. The lowest BCUT2D eigenvalue weighted by molar-refractivity contribution is 0.332. The van der Waals surface area contributed by atoms with E-state index in [0.29, 0.717) is 0 Å². The first-order valence-electron chi connectivity index (χ1n) is 18.2. The van der Waals surface area contributed by atoms with Gasteiger partial charge >= 0.3 is 6.85 Å². The third-order valence-corrected chi connectivity index (χ3v) is 13.8. The van der Waals surface area contributed by atoms with Gasteiger partial charge in [0, 0.05) is 42.6 Å². The number of aromatic nitrogens is 1. The molecule has 3 aliphatic rings. The second kappa shape index (κ2) is 9.50. The molecule has 2 aliphatic heterocycles. The topological polar surface area (TPSA) is 8.17 Å². The second-order valence-electron chi connectivity index (χ2n) is 16.5. The Hall–Kier alpha value is -4.80. The SMILES string of the molecule is Cc1ccc(N2B3c4sc5cc6c(cc5c4-n4c5cc7ccccc7cc5c5c(C)cc(c3c54)-c3ccccc32)C(C)(C)CCC6(C)C)cc1. The first-order chi connectivity index (χ1) is 24.1. The molecule has 6 aromatic carbocycles. The molecule has 50 heavy (non-hydrogen) atoms. The molecule has 0 saturated heterocycles. The van der Waals surface area contributed by atoms with Crippen molar-refractivity contribution in [1.82, 2.24) is 4.57 Å². The summed E-state index contributed by atoms with van der Waals surface area (Å²) in [5.41, 5.74) is 16.7. The summed E-state index contributed by atoms with van der Waals surface area (Å²) in [7, 11) is 0. The Morgan fingerprint density at radius 2 is 1.36 bits per heavy atom. The molecule has 0 radical (unpaired) electrons. The number of hydrogen-bond acceptors (Lipinski definition) is 2. The number of hydrogen-bond donors (Lipinski definition) is 0. The lowest BCUT2D eigenvalue weighted by Crippen LogP contribution is -2.59. The van der Waals surface area contributed by atoms with Crippen LogP contribution in [0.3, 0.4) is 0 Å². The zero-order chi connectivity index (χ0) is 33.8. The zero-order valence-electron chi connectivity index (χ0n) is 29.6. The first kappa shape index (κ1) is 29.0. The largest absolute Gasteiger partial charge is 0.376 e. The highest BCUT2D eigenvalue weighted by Gasteiger charge is 2.46. The molecule has 4 heteroatoms. The average molecular weight is 663 g/mol. The molecule has 8 aromatic rings. The van der Waals surface area contributed by atoms with Crippen LogP contribution in [0.5, 0.6) is 0 Å². The van der Waals surface area contributed by atoms with Gasteiger partial charge in [-0.15, -0.1) is 11.3 Å².